The predicted octanol–water partition coefficient (Wildman–Crippen LogP) is 3.77. The molecule has 1 aliphatic rings. The first-order valence-corrected chi connectivity index (χ1v) is 10.1. The Morgan fingerprint density at radius 1 is 1.04 bits per heavy atom. The van der Waals surface area contributed by atoms with Gasteiger partial charge in [-0.1, -0.05) is 36.0 Å². The molecule has 6 heteroatoms. The minimum absolute atomic E-state index is 0.262. The van der Waals surface area contributed by atoms with Gasteiger partial charge in [0.15, 0.2) is 0 Å². The summed E-state index contributed by atoms with van der Waals surface area (Å²) in [5.74, 6) is -0.262. The number of nitrogens with zero attached hydrogens (tertiary/aromatic N) is 2. The number of primary amides is 1. The van der Waals surface area contributed by atoms with Crippen molar-refractivity contribution < 1.29 is 9.53 Å². The van der Waals surface area contributed by atoms with Gasteiger partial charge in [0.05, 0.1) is 11.1 Å². The molecule has 5 nitrogen and oxygen atoms in total. The molecule has 4 rings (SSSR count). The number of aryl methyl sites for hydroxylation is 1. The van der Waals surface area contributed by atoms with Gasteiger partial charge < -0.3 is 10.5 Å². The molecule has 2 aromatic carbocycles. The molecule has 1 aromatic heterocycles. The fourth-order valence-corrected chi connectivity index (χ4v) is 4.54. The molecule has 0 saturated carbocycles. The maximum absolute atomic E-state index is 12.2. The Morgan fingerprint density at radius 2 is 1.64 bits per heavy atom. The molecule has 0 aliphatic carbocycles. The summed E-state index contributed by atoms with van der Waals surface area (Å²) < 4.78 is 7.29. The van der Waals surface area contributed by atoms with Crippen LogP contribution in [-0.2, 0) is 22.0 Å². The van der Waals surface area contributed by atoms with Gasteiger partial charge >= 0.3 is 0 Å². The van der Waals surface area contributed by atoms with Crippen molar-refractivity contribution in [2.75, 3.05) is 13.2 Å². The van der Waals surface area contributed by atoms with Gasteiger partial charge in [0.25, 0.3) is 0 Å². The zero-order valence-electron chi connectivity index (χ0n) is 15.8. The summed E-state index contributed by atoms with van der Waals surface area (Å²) in [6, 6.07) is 18.6. The van der Waals surface area contributed by atoms with Gasteiger partial charge in [0.2, 0.25) is 5.91 Å². The maximum Gasteiger partial charge on any atom is 0.228 e. The number of ether oxygens (including phenoxy) is 1. The third kappa shape index (κ3) is 3.57. The zero-order valence-corrected chi connectivity index (χ0v) is 16.6. The van der Waals surface area contributed by atoms with Crippen LogP contribution < -0.4 is 5.73 Å². The molecule has 0 atom stereocenters. The van der Waals surface area contributed by atoms with E-state index in [1.54, 1.807) is 18.0 Å². The van der Waals surface area contributed by atoms with E-state index in [2.05, 4.69) is 41.5 Å². The molecule has 0 unspecified atom stereocenters. The van der Waals surface area contributed by atoms with Crippen LogP contribution in [-0.4, -0.2) is 28.9 Å². The first-order chi connectivity index (χ1) is 13.6. The SMILES string of the molecule is Cn1nccc1-c1ccc(Sc2ccc(C3(C(N)=O)CCOCC3)cc2)cc1. The van der Waals surface area contributed by atoms with E-state index in [1.807, 2.05) is 29.9 Å². The number of carbonyl (C=O) groups excluding carboxylic acids is 1. The number of nitrogens with two attached hydrogens (primary N) is 1. The number of hydrogen-bond acceptors (Lipinski definition) is 4. The number of hydrogen-bond donors (Lipinski definition) is 1. The van der Waals surface area contributed by atoms with Crippen molar-refractivity contribution in [1.82, 2.24) is 9.78 Å². The molecular weight excluding hydrogens is 370 g/mol. The van der Waals surface area contributed by atoms with E-state index in [9.17, 15) is 4.79 Å². The molecule has 0 radical (unpaired) electrons. The fourth-order valence-electron chi connectivity index (χ4n) is 3.73. The Labute approximate surface area is 168 Å². The third-order valence-electron chi connectivity index (χ3n) is 5.43. The topological polar surface area (TPSA) is 70.1 Å². The largest absolute Gasteiger partial charge is 0.381 e. The van der Waals surface area contributed by atoms with Crippen molar-refractivity contribution in [3.63, 3.8) is 0 Å². The molecular formula is C22H23N3O2S. The molecule has 1 fully saturated rings. The van der Waals surface area contributed by atoms with E-state index in [0.29, 0.717) is 26.1 Å². The lowest BCUT2D eigenvalue weighted by Gasteiger charge is -2.34. The van der Waals surface area contributed by atoms with Crippen LogP contribution in [0.1, 0.15) is 18.4 Å². The molecule has 1 saturated heterocycles. The van der Waals surface area contributed by atoms with E-state index >= 15 is 0 Å². The lowest BCUT2D eigenvalue weighted by molar-refractivity contribution is -0.127. The smallest absolute Gasteiger partial charge is 0.228 e. The van der Waals surface area contributed by atoms with Gasteiger partial charge in [0, 0.05) is 36.2 Å². The maximum atomic E-state index is 12.2. The highest BCUT2D eigenvalue weighted by atomic mass is 32.2. The fraction of sp³-hybridized carbons (Fsp3) is 0.273. The molecule has 1 aliphatic heterocycles. The summed E-state index contributed by atoms with van der Waals surface area (Å²) in [7, 11) is 1.94. The molecule has 28 heavy (non-hydrogen) atoms. The monoisotopic (exact) mass is 393 g/mol. The van der Waals surface area contributed by atoms with Gasteiger partial charge in [-0.3, -0.25) is 9.48 Å². The highest BCUT2D eigenvalue weighted by Gasteiger charge is 2.40. The van der Waals surface area contributed by atoms with Gasteiger partial charge in [0.1, 0.15) is 0 Å². The van der Waals surface area contributed by atoms with Gasteiger partial charge in [-0.05, 0) is 54.3 Å². The highest BCUT2D eigenvalue weighted by Crippen LogP contribution is 2.36. The van der Waals surface area contributed by atoms with Crippen LogP contribution in [0, 0.1) is 0 Å². The van der Waals surface area contributed by atoms with E-state index in [0.717, 1.165) is 26.6 Å². The van der Waals surface area contributed by atoms with Crippen molar-refractivity contribution in [3.8, 4) is 11.3 Å². The molecule has 2 heterocycles. The van der Waals surface area contributed by atoms with Crippen LogP contribution in [0.3, 0.4) is 0 Å². The highest BCUT2D eigenvalue weighted by molar-refractivity contribution is 7.99. The van der Waals surface area contributed by atoms with Crippen LogP contribution >= 0.6 is 11.8 Å². The van der Waals surface area contributed by atoms with Crippen LogP contribution in [0.2, 0.25) is 0 Å². The first kappa shape index (κ1) is 18.8. The summed E-state index contributed by atoms with van der Waals surface area (Å²) in [6.07, 6.45) is 3.09. The Kier molecular flexibility index (Phi) is 5.24. The van der Waals surface area contributed by atoms with Crippen molar-refractivity contribution in [1.29, 1.82) is 0 Å². The number of aromatic nitrogens is 2. The second-order valence-electron chi connectivity index (χ2n) is 7.05. The third-order valence-corrected chi connectivity index (χ3v) is 6.45. The standard InChI is InChI=1S/C22H23N3O2S/c1-25-20(10-13-24-25)16-2-6-18(7-3-16)28-19-8-4-17(5-9-19)22(21(23)26)11-14-27-15-12-22/h2-10,13H,11-12,14-15H2,1H3,(H2,23,26). The van der Waals surface area contributed by atoms with Gasteiger partial charge in [-0.2, -0.15) is 5.10 Å². The Morgan fingerprint density at radius 3 is 2.18 bits per heavy atom. The summed E-state index contributed by atoms with van der Waals surface area (Å²) >= 11 is 1.70. The van der Waals surface area contributed by atoms with E-state index in [1.165, 1.54) is 0 Å². The average molecular weight is 394 g/mol. The quantitative estimate of drug-likeness (QED) is 0.716. The van der Waals surface area contributed by atoms with E-state index in [-0.39, 0.29) is 5.91 Å². The van der Waals surface area contributed by atoms with Crippen LogP contribution in [0.5, 0.6) is 0 Å². The van der Waals surface area contributed by atoms with E-state index < -0.39 is 5.41 Å². The summed E-state index contributed by atoms with van der Waals surface area (Å²) in [6.45, 7) is 1.14. The Balaban J connectivity index is 1.50. The van der Waals surface area contributed by atoms with Gasteiger partial charge in [-0.15, -0.1) is 0 Å². The second kappa shape index (κ2) is 7.81. The number of amides is 1. The lowest BCUT2D eigenvalue weighted by atomic mass is 9.73. The molecule has 0 bridgehead atoms. The number of rotatable bonds is 5. The number of carbonyl (C=O) groups is 1. The van der Waals surface area contributed by atoms with Crippen molar-refractivity contribution >= 4 is 17.7 Å². The minimum Gasteiger partial charge on any atom is -0.381 e. The Hall–Kier alpha value is -2.57. The van der Waals surface area contributed by atoms with Crippen molar-refractivity contribution in [2.24, 2.45) is 12.8 Å². The number of benzene rings is 2. The summed E-state index contributed by atoms with van der Waals surface area (Å²) in [4.78, 5) is 14.5. The van der Waals surface area contributed by atoms with Crippen LogP contribution in [0.25, 0.3) is 11.3 Å². The zero-order chi connectivity index (χ0) is 19.6. The van der Waals surface area contributed by atoms with Crippen LogP contribution in [0.15, 0.2) is 70.6 Å². The first-order valence-electron chi connectivity index (χ1n) is 9.33. The van der Waals surface area contributed by atoms with Crippen molar-refractivity contribution in [2.45, 2.75) is 28.0 Å². The Bertz CT molecular complexity index is 958. The lowest BCUT2D eigenvalue weighted by Crippen LogP contribution is -2.45. The van der Waals surface area contributed by atoms with Gasteiger partial charge in [-0.25, -0.2) is 0 Å². The predicted molar refractivity (Wildman–Crippen MR) is 110 cm³/mol. The summed E-state index contributed by atoms with van der Waals surface area (Å²) in [5.41, 5.74) is 8.37. The molecule has 144 valence electrons. The van der Waals surface area contributed by atoms with Crippen molar-refractivity contribution in [3.05, 3.63) is 66.4 Å². The van der Waals surface area contributed by atoms with E-state index in [4.69, 9.17) is 10.5 Å². The normalized spacial score (nSPS) is 16.0. The molecule has 1 amide bonds. The molecule has 0 spiro atoms. The second-order valence-corrected chi connectivity index (χ2v) is 8.20. The summed E-state index contributed by atoms with van der Waals surface area (Å²) in [5, 5.41) is 4.22. The molecule has 2 N–H and O–H groups in total. The average Bonchev–Trinajstić information content (AvgIpc) is 3.15. The van der Waals surface area contributed by atoms with Crippen LogP contribution in [0.4, 0.5) is 0 Å². The minimum atomic E-state index is -0.605. The molecule has 3 aromatic rings.